The number of ketones is 1. The van der Waals surface area contributed by atoms with Crippen LogP contribution in [0.15, 0.2) is 56.5 Å². The lowest BCUT2D eigenvalue weighted by molar-refractivity contribution is -0.132. The number of aromatic nitrogens is 1. The number of fused-ring (bicyclic) bond motifs is 3. The van der Waals surface area contributed by atoms with Crippen LogP contribution in [0, 0.1) is 12.3 Å². The summed E-state index contributed by atoms with van der Waals surface area (Å²) in [7, 11) is 3.07. The Balaban J connectivity index is 1.49. The van der Waals surface area contributed by atoms with Gasteiger partial charge in [-0.3, -0.25) is 9.59 Å². The molecule has 1 saturated heterocycles. The number of hydrogen-bond donors (Lipinski definition) is 4. The third kappa shape index (κ3) is 3.05. The number of hydrogen-bond acceptors (Lipinski definition) is 10. The molecule has 5 unspecified atom stereocenters. The molecule has 2 aliphatic heterocycles. The Hall–Kier alpha value is -3.80. The third-order valence-corrected chi connectivity index (χ3v) is 9.13. The predicted molar refractivity (Wildman–Crippen MR) is 138 cm³/mol. The van der Waals surface area contributed by atoms with E-state index in [0.717, 1.165) is 0 Å². The molecule has 1 spiro atoms. The topological polar surface area (TPSA) is 157 Å². The average molecular weight is 552 g/mol. The Labute approximate surface area is 227 Å². The van der Waals surface area contributed by atoms with Crippen LogP contribution >= 0.6 is 0 Å². The molecule has 0 bridgehead atoms. The molecule has 1 aromatic rings. The van der Waals surface area contributed by atoms with Gasteiger partial charge in [-0.25, -0.2) is 0 Å². The number of nitrogens with zero attached hydrogens (tertiary/aromatic N) is 1. The predicted octanol–water partition coefficient (Wildman–Crippen LogP) is 0.0250. The summed E-state index contributed by atoms with van der Waals surface area (Å²) >= 11 is 0. The van der Waals surface area contributed by atoms with E-state index in [-0.39, 0.29) is 77.3 Å². The van der Waals surface area contributed by atoms with Crippen LogP contribution in [-0.4, -0.2) is 69.1 Å². The molecule has 0 saturated carbocycles. The number of carbonyl (C=O) groups is 1. The molecule has 40 heavy (non-hydrogen) atoms. The molecule has 0 aromatic carbocycles. The molecule has 0 amide bonds. The van der Waals surface area contributed by atoms with E-state index >= 15 is 0 Å². The molecular weight excluding hydrogens is 522 g/mol. The minimum atomic E-state index is -1.11. The summed E-state index contributed by atoms with van der Waals surface area (Å²) in [4.78, 5) is 27.2. The number of methoxy groups -OCH3 is 1. The molecule has 210 valence electrons. The van der Waals surface area contributed by atoms with Crippen LogP contribution in [0.2, 0.25) is 0 Å². The van der Waals surface area contributed by atoms with Crippen molar-refractivity contribution in [3.05, 3.63) is 78.2 Å². The van der Waals surface area contributed by atoms with E-state index in [4.69, 9.17) is 18.9 Å². The van der Waals surface area contributed by atoms with Crippen molar-refractivity contribution in [2.24, 2.45) is 12.5 Å². The Morgan fingerprint density at radius 1 is 1.12 bits per heavy atom. The van der Waals surface area contributed by atoms with Gasteiger partial charge in [-0.05, 0) is 25.8 Å². The van der Waals surface area contributed by atoms with Crippen LogP contribution < -0.4 is 16.0 Å². The van der Waals surface area contributed by atoms with Gasteiger partial charge in [0.15, 0.2) is 18.7 Å². The van der Waals surface area contributed by atoms with E-state index in [1.807, 2.05) is 0 Å². The number of ether oxygens (including phenoxy) is 4. The van der Waals surface area contributed by atoms with E-state index in [2.05, 4.69) is 0 Å². The minimum Gasteiger partial charge on any atom is -0.511 e. The first-order valence-corrected chi connectivity index (χ1v) is 13.2. The second kappa shape index (κ2) is 8.35. The molecule has 7 rings (SSSR count). The fourth-order valence-electron chi connectivity index (χ4n) is 7.05. The molecule has 1 fully saturated rings. The normalized spacial score (nSPS) is 32.6. The van der Waals surface area contributed by atoms with Gasteiger partial charge in [-0.1, -0.05) is 6.08 Å². The van der Waals surface area contributed by atoms with Crippen molar-refractivity contribution in [1.82, 2.24) is 4.57 Å². The van der Waals surface area contributed by atoms with Crippen LogP contribution in [0.1, 0.15) is 31.4 Å². The average Bonchev–Trinajstić information content (AvgIpc) is 2.92. The van der Waals surface area contributed by atoms with Crippen molar-refractivity contribution in [3.8, 4) is 0 Å². The zero-order valence-corrected chi connectivity index (χ0v) is 22.2. The van der Waals surface area contributed by atoms with Gasteiger partial charge in [0.1, 0.15) is 34.9 Å². The van der Waals surface area contributed by atoms with E-state index in [0.29, 0.717) is 22.2 Å². The fourth-order valence-corrected chi connectivity index (χ4v) is 7.05. The highest BCUT2D eigenvalue weighted by atomic mass is 16.7. The number of pyridine rings is 1. The van der Waals surface area contributed by atoms with Crippen LogP contribution in [0.5, 0.6) is 0 Å². The highest BCUT2D eigenvalue weighted by Crippen LogP contribution is 2.55. The van der Waals surface area contributed by atoms with Gasteiger partial charge < -0.3 is 43.9 Å². The second-order valence-electron chi connectivity index (χ2n) is 11.1. The SMILES string of the molecule is COC1=C2CC3OCOC4=c5cc(C)n(C)c(=O)c5=C(O)CC43C=C2C(=O)C2=C(O)C3=C(OC12)C(O)CCC3O. The van der Waals surface area contributed by atoms with Crippen molar-refractivity contribution in [1.29, 1.82) is 0 Å². The zero-order valence-electron chi connectivity index (χ0n) is 22.2. The van der Waals surface area contributed by atoms with Gasteiger partial charge in [0.2, 0.25) is 0 Å². The van der Waals surface area contributed by atoms with Gasteiger partial charge in [-0.2, -0.15) is 0 Å². The summed E-state index contributed by atoms with van der Waals surface area (Å²) < 4.78 is 25.4. The maximum absolute atomic E-state index is 14.1. The number of rotatable bonds is 1. The maximum atomic E-state index is 14.1. The first kappa shape index (κ1) is 25.2. The smallest absolute Gasteiger partial charge is 0.261 e. The number of carbonyl (C=O) groups excluding carboxylic acids is 1. The van der Waals surface area contributed by atoms with E-state index in [9.17, 15) is 30.0 Å². The fraction of sp³-hybridized carbons (Fsp3) is 0.448. The van der Waals surface area contributed by atoms with Gasteiger partial charge >= 0.3 is 0 Å². The van der Waals surface area contributed by atoms with Gasteiger partial charge in [0.05, 0.1) is 41.1 Å². The lowest BCUT2D eigenvalue weighted by atomic mass is 9.63. The first-order valence-electron chi connectivity index (χ1n) is 13.2. The molecule has 4 aliphatic carbocycles. The molecule has 0 radical (unpaired) electrons. The number of Topliss-reactive ketones (excluding diaryl/α,β-unsaturated/α-hetero) is 1. The van der Waals surface area contributed by atoms with Crippen LogP contribution in [-0.2, 0) is 30.8 Å². The van der Waals surface area contributed by atoms with Crippen molar-refractivity contribution < 1.29 is 44.2 Å². The van der Waals surface area contributed by atoms with E-state index in [1.165, 1.54) is 11.7 Å². The van der Waals surface area contributed by atoms with Crippen molar-refractivity contribution in [2.75, 3.05) is 13.9 Å². The highest BCUT2D eigenvalue weighted by Gasteiger charge is 2.56. The molecule has 5 atom stereocenters. The first-order chi connectivity index (χ1) is 19.1. The maximum Gasteiger partial charge on any atom is 0.261 e. The summed E-state index contributed by atoms with van der Waals surface area (Å²) in [6, 6.07) is 1.78. The van der Waals surface area contributed by atoms with Crippen LogP contribution in [0.4, 0.5) is 0 Å². The van der Waals surface area contributed by atoms with E-state index in [1.54, 1.807) is 26.1 Å². The summed E-state index contributed by atoms with van der Waals surface area (Å²) in [5, 5.41) is 44.3. The number of aliphatic hydroxyl groups excluding tert-OH is 4. The summed E-state index contributed by atoms with van der Waals surface area (Å²) in [6.45, 7) is 1.69. The Bertz CT molecular complexity index is 1720. The van der Waals surface area contributed by atoms with Crippen molar-refractivity contribution >= 4 is 17.3 Å². The molecule has 11 nitrogen and oxygen atoms in total. The molecule has 11 heteroatoms. The standard InChI is InChI=1S/C29H29NO10/c1-11-6-13-19(28(36)30(11)2)17(33)9-29-8-14-12(7-18(29)38-10-39-27(13)29)24(37-3)26-21(22(14)34)23(35)20-15(31)4-5-16(32)25(20)40-26/h6,8,15-16,18,26,31-33,35H,4-5,7,9-10H2,1-3H3. The molecule has 6 aliphatic rings. The number of aryl methyl sites for hydroxylation is 1. The number of aliphatic hydroxyl groups is 4. The monoisotopic (exact) mass is 551 g/mol. The summed E-state index contributed by atoms with van der Waals surface area (Å²) in [5.41, 5.74) is -0.131. The van der Waals surface area contributed by atoms with Gasteiger partial charge in [-0.15, -0.1) is 0 Å². The van der Waals surface area contributed by atoms with Gasteiger partial charge in [0, 0.05) is 41.9 Å². The molecule has 3 heterocycles. The third-order valence-electron chi connectivity index (χ3n) is 9.13. The molecule has 4 N–H and O–H groups in total. The summed E-state index contributed by atoms with van der Waals surface area (Å²) in [6.07, 6.45) is -1.54. The quantitative estimate of drug-likeness (QED) is 0.375. The van der Waals surface area contributed by atoms with Crippen molar-refractivity contribution in [3.63, 3.8) is 0 Å². The lowest BCUT2D eigenvalue weighted by Gasteiger charge is -2.49. The Morgan fingerprint density at radius 2 is 1.88 bits per heavy atom. The summed E-state index contributed by atoms with van der Waals surface area (Å²) in [5.74, 6) is -0.336. The van der Waals surface area contributed by atoms with E-state index < -0.39 is 41.4 Å². The zero-order chi connectivity index (χ0) is 28.2. The largest absolute Gasteiger partial charge is 0.511 e. The van der Waals surface area contributed by atoms with Crippen molar-refractivity contribution in [2.45, 2.75) is 57.0 Å². The van der Waals surface area contributed by atoms with Crippen LogP contribution in [0.3, 0.4) is 0 Å². The minimum absolute atomic E-state index is 0.00480. The van der Waals surface area contributed by atoms with Crippen LogP contribution in [0.25, 0.3) is 11.5 Å². The Morgan fingerprint density at radius 3 is 2.62 bits per heavy atom. The highest BCUT2D eigenvalue weighted by molar-refractivity contribution is 6.15. The van der Waals surface area contributed by atoms with Gasteiger partial charge in [0.25, 0.3) is 5.56 Å². The number of allylic oxidation sites excluding steroid dienone is 1. The lowest BCUT2D eigenvalue weighted by Crippen LogP contribution is -2.57. The Kier molecular flexibility index (Phi) is 5.26. The molecule has 1 aromatic heterocycles. The molecular formula is C29H29NO10. The second-order valence-corrected chi connectivity index (χ2v) is 11.1.